The molecule has 196 valence electrons. The smallest absolute Gasteiger partial charge is 0.319 e. The van der Waals surface area contributed by atoms with Crippen molar-refractivity contribution in [3.8, 4) is 17.0 Å². The number of carbonyl (C=O) groups is 1. The van der Waals surface area contributed by atoms with Gasteiger partial charge in [-0.2, -0.15) is 0 Å². The molecule has 9 heteroatoms. The molecule has 3 aliphatic rings. The van der Waals surface area contributed by atoms with Crippen LogP contribution in [0.25, 0.3) is 22.2 Å². The minimum atomic E-state index is -3.75. The number of nitrogens with zero attached hydrogens (tertiary/aromatic N) is 1. The fourth-order valence-corrected chi connectivity index (χ4v) is 6.90. The Bertz CT molecular complexity index is 1420. The average molecular weight is 523 g/mol. The Morgan fingerprint density at radius 3 is 2.30 bits per heavy atom. The van der Waals surface area contributed by atoms with Crippen molar-refractivity contribution in [1.29, 1.82) is 0 Å². The molecule has 0 spiro atoms. The number of fused-ring (bicyclic) bond motifs is 1. The van der Waals surface area contributed by atoms with Crippen LogP contribution >= 0.6 is 0 Å². The number of hydrogen-bond acceptors (Lipinski definition) is 4. The number of rotatable bonds is 9. The molecule has 1 heterocycles. The second-order valence-corrected chi connectivity index (χ2v) is 12.1. The van der Waals surface area contributed by atoms with Crippen LogP contribution in [0, 0.1) is 0 Å². The van der Waals surface area contributed by atoms with Crippen molar-refractivity contribution < 1.29 is 17.9 Å². The van der Waals surface area contributed by atoms with E-state index in [1.807, 2.05) is 49.4 Å². The minimum Gasteiger partial charge on any atom is -0.494 e. The number of benzene rings is 2. The van der Waals surface area contributed by atoms with Crippen molar-refractivity contribution in [3.05, 3.63) is 42.5 Å². The number of aromatic nitrogens is 1. The second kappa shape index (κ2) is 9.68. The first kappa shape index (κ1) is 24.3. The van der Waals surface area contributed by atoms with Gasteiger partial charge < -0.3 is 19.9 Å². The summed E-state index contributed by atoms with van der Waals surface area (Å²) in [6.45, 7) is 2.48. The first-order valence-corrected chi connectivity index (χ1v) is 14.9. The van der Waals surface area contributed by atoms with Crippen LogP contribution in [0.4, 0.5) is 10.5 Å². The minimum absolute atomic E-state index is 0.00315. The Kier molecular flexibility index (Phi) is 6.36. The first-order valence-electron chi connectivity index (χ1n) is 13.4. The summed E-state index contributed by atoms with van der Waals surface area (Å²) >= 11 is 0. The van der Waals surface area contributed by atoms with Crippen molar-refractivity contribution >= 4 is 32.6 Å². The van der Waals surface area contributed by atoms with Gasteiger partial charge >= 0.3 is 6.03 Å². The van der Waals surface area contributed by atoms with E-state index in [9.17, 15) is 13.2 Å². The monoisotopic (exact) mass is 522 g/mol. The number of ether oxygens (including phenoxy) is 1. The highest BCUT2D eigenvalue weighted by molar-refractivity contribution is 7.90. The van der Waals surface area contributed by atoms with E-state index in [2.05, 4.69) is 19.9 Å². The zero-order valence-electron chi connectivity index (χ0n) is 21.1. The maximum absolute atomic E-state index is 13.8. The molecule has 0 aliphatic heterocycles. The SMILES string of the molecule is CCOc1ccc2c(S(=O)(=O)NC3CC3)c(-c3ccc(NC(=O)NC4CCC4)cc3)n(C3CCC3)c2c1. The lowest BCUT2D eigenvalue weighted by molar-refractivity contribution is 0.240. The number of carbonyl (C=O) groups excluding carboxylic acids is 1. The molecule has 0 unspecified atom stereocenters. The number of amides is 2. The molecule has 0 bridgehead atoms. The number of urea groups is 1. The standard InChI is InChI=1S/C28H34N4O4S/c1-2-36-23-15-16-24-25(17-23)32(22-7-4-8-22)26(27(24)37(34,35)31-21-13-14-21)18-9-11-20(12-10-18)30-28(33)29-19-5-3-6-19/h9-12,15-17,19,21-22,31H,2-8,13-14H2,1H3,(H2,29,30,33). The van der Waals surface area contributed by atoms with E-state index < -0.39 is 10.0 Å². The summed E-state index contributed by atoms with van der Waals surface area (Å²) in [6, 6.07) is 13.5. The molecule has 8 nitrogen and oxygen atoms in total. The van der Waals surface area contributed by atoms with Crippen molar-refractivity contribution in [1.82, 2.24) is 14.6 Å². The highest BCUT2D eigenvalue weighted by Gasteiger charge is 2.36. The lowest BCUT2D eigenvalue weighted by Crippen LogP contribution is -2.41. The Labute approximate surface area is 217 Å². The fraction of sp³-hybridized carbons (Fsp3) is 0.464. The predicted octanol–water partition coefficient (Wildman–Crippen LogP) is 5.55. The molecule has 3 N–H and O–H groups in total. The molecule has 0 radical (unpaired) electrons. The van der Waals surface area contributed by atoms with E-state index in [0.29, 0.717) is 28.3 Å². The third-order valence-corrected chi connectivity index (χ3v) is 9.30. The second-order valence-electron chi connectivity index (χ2n) is 10.4. The Morgan fingerprint density at radius 1 is 0.973 bits per heavy atom. The quantitative estimate of drug-likeness (QED) is 0.343. The van der Waals surface area contributed by atoms with Crippen LogP contribution in [0.15, 0.2) is 47.4 Å². The van der Waals surface area contributed by atoms with Gasteiger partial charge in [0.2, 0.25) is 10.0 Å². The van der Waals surface area contributed by atoms with E-state index in [-0.39, 0.29) is 24.2 Å². The Morgan fingerprint density at radius 2 is 1.70 bits per heavy atom. The van der Waals surface area contributed by atoms with Crippen molar-refractivity contribution in [2.75, 3.05) is 11.9 Å². The zero-order chi connectivity index (χ0) is 25.6. The van der Waals surface area contributed by atoms with Gasteiger partial charge in [-0.25, -0.2) is 17.9 Å². The number of nitrogens with one attached hydrogen (secondary N) is 3. The van der Waals surface area contributed by atoms with Crippen LogP contribution in [-0.4, -0.2) is 37.7 Å². The third kappa shape index (κ3) is 4.82. The zero-order valence-corrected chi connectivity index (χ0v) is 21.9. The molecular weight excluding hydrogens is 488 g/mol. The Balaban J connectivity index is 1.44. The summed E-state index contributed by atoms with van der Waals surface area (Å²) in [4.78, 5) is 12.7. The summed E-state index contributed by atoms with van der Waals surface area (Å²) in [7, 11) is -3.75. The Hall–Kier alpha value is -3.04. The van der Waals surface area contributed by atoms with E-state index in [4.69, 9.17) is 4.74 Å². The van der Waals surface area contributed by atoms with Crippen molar-refractivity contribution in [2.24, 2.45) is 0 Å². The van der Waals surface area contributed by atoms with Crippen LogP contribution < -0.4 is 20.1 Å². The van der Waals surface area contributed by atoms with Crippen LogP contribution in [-0.2, 0) is 10.0 Å². The van der Waals surface area contributed by atoms with Crippen molar-refractivity contribution in [3.63, 3.8) is 0 Å². The van der Waals surface area contributed by atoms with Gasteiger partial charge in [0.05, 0.1) is 17.8 Å². The van der Waals surface area contributed by atoms with E-state index >= 15 is 0 Å². The van der Waals surface area contributed by atoms with Crippen molar-refractivity contribution in [2.45, 2.75) is 81.3 Å². The molecule has 37 heavy (non-hydrogen) atoms. The summed E-state index contributed by atoms with van der Waals surface area (Å²) in [5, 5.41) is 6.59. The van der Waals surface area contributed by atoms with E-state index in [1.54, 1.807) is 0 Å². The van der Waals surface area contributed by atoms with Gasteiger partial charge in [0, 0.05) is 35.3 Å². The average Bonchev–Trinajstić information content (AvgIpc) is 3.55. The van der Waals surface area contributed by atoms with Crippen LogP contribution in [0.1, 0.15) is 64.3 Å². The summed E-state index contributed by atoms with van der Waals surface area (Å²) in [5.74, 6) is 0.732. The van der Waals surface area contributed by atoms with Crippen LogP contribution in [0.3, 0.4) is 0 Å². The molecular formula is C28H34N4O4S. The molecule has 6 rings (SSSR count). The van der Waals surface area contributed by atoms with Gasteiger partial charge in [0.15, 0.2) is 0 Å². The molecule has 3 fully saturated rings. The number of sulfonamides is 1. The lowest BCUT2D eigenvalue weighted by atomic mass is 9.92. The molecule has 2 aromatic carbocycles. The maximum atomic E-state index is 13.8. The van der Waals surface area contributed by atoms with E-state index in [1.165, 1.54) is 0 Å². The first-order chi connectivity index (χ1) is 17.9. The molecule has 3 aliphatic carbocycles. The molecule has 3 aromatic rings. The number of anilines is 1. The van der Waals surface area contributed by atoms with Gasteiger partial charge in [0.25, 0.3) is 0 Å². The highest BCUT2D eigenvalue weighted by Crippen LogP contribution is 2.45. The molecule has 0 saturated heterocycles. The normalized spacial score (nSPS) is 18.3. The molecule has 0 atom stereocenters. The van der Waals surface area contributed by atoms with Crippen LogP contribution in [0.2, 0.25) is 0 Å². The highest BCUT2D eigenvalue weighted by atomic mass is 32.2. The van der Waals surface area contributed by atoms with E-state index in [0.717, 1.165) is 68.2 Å². The number of hydrogen-bond donors (Lipinski definition) is 3. The van der Waals surface area contributed by atoms with Gasteiger partial charge in [-0.1, -0.05) is 12.1 Å². The van der Waals surface area contributed by atoms with Gasteiger partial charge in [-0.3, -0.25) is 0 Å². The fourth-order valence-electron chi connectivity index (χ4n) is 5.18. The largest absolute Gasteiger partial charge is 0.494 e. The van der Waals surface area contributed by atoms with Gasteiger partial charge in [-0.05, 0) is 88.1 Å². The third-order valence-electron chi connectivity index (χ3n) is 7.70. The molecule has 2 amide bonds. The van der Waals surface area contributed by atoms with Gasteiger partial charge in [-0.15, -0.1) is 0 Å². The summed E-state index contributed by atoms with van der Waals surface area (Å²) in [6.07, 6.45) is 8.07. The maximum Gasteiger partial charge on any atom is 0.319 e. The summed E-state index contributed by atoms with van der Waals surface area (Å²) < 4.78 is 38.4. The summed E-state index contributed by atoms with van der Waals surface area (Å²) in [5.41, 5.74) is 3.06. The molecule has 1 aromatic heterocycles. The topological polar surface area (TPSA) is 101 Å². The molecule has 3 saturated carbocycles. The van der Waals surface area contributed by atoms with Crippen LogP contribution in [0.5, 0.6) is 5.75 Å². The van der Waals surface area contributed by atoms with Gasteiger partial charge in [0.1, 0.15) is 10.6 Å². The predicted molar refractivity (Wildman–Crippen MR) is 145 cm³/mol. The lowest BCUT2D eigenvalue weighted by Gasteiger charge is -2.30.